The number of anilines is 2. The smallest absolute Gasteiger partial charge is 0.145 e. The van der Waals surface area contributed by atoms with Gasteiger partial charge in [-0.05, 0) is 72.8 Å². The minimum atomic E-state index is -0.893. The molecule has 8 heteroatoms. The van der Waals surface area contributed by atoms with Gasteiger partial charge < -0.3 is 26.2 Å². The Bertz CT molecular complexity index is 1400. The number of nitrogens with zero attached hydrogens (tertiary/aromatic N) is 4. The third kappa shape index (κ3) is 3.40. The lowest BCUT2D eigenvalue weighted by atomic mass is 9.80. The molecule has 0 bridgehead atoms. The number of hydrogen-bond donors (Lipinski definition) is 4. The minimum absolute atomic E-state index is 0.286. The molecular weight excluding hydrogens is 428 g/mol. The topological polar surface area (TPSA) is 136 Å². The molecule has 2 saturated carbocycles. The number of fused-ring (bicyclic) bond motifs is 2. The number of aromatic nitrogens is 4. The van der Waals surface area contributed by atoms with Crippen LogP contribution in [0.4, 0.5) is 11.6 Å². The van der Waals surface area contributed by atoms with Crippen LogP contribution in [-0.4, -0.2) is 41.9 Å². The molecule has 0 unspecified atom stereocenters. The SMILES string of the molecule is C[C@]1(CCc2ccc3cc(C4CC4)c(N)nc3c2)C[C@@H](n2ccc3c(N)ncnc32)[C@H](O)[C@@H]1O. The summed E-state index contributed by atoms with van der Waals surface area (Å²) in [5, 5.41) is 23.9. The number of pyridine rings is 1. The molecule has 3 aromatic heterocycles. The van der Waals surface area contributed by atoms with Crippen LogP contribution in [0.1, 0.15) is 55.7 Å². The van der Waals surface area contributed by atoms with Gasteiger partial charge in [0.2, 0.25) is 0 Å². The van der Waals surface area contributed by atoms with E-state index in [1.807, 2.05) is 16.8 Å². The van der Waals surface area contributed by atoms with Crippen molar-refractivity contribution < 1.29 is 10.2 Å². The third-order valence-corrected chi connectivity index (χ3v) is 7.95. The lowest BCUT2D eigenvalue weighted by Crippen LogP contribution is -2.35. The normalized spacial score (nSPS) is 27.1. The maximum Gasteiger partial charge on any atom is 0.145 e. The van der Waals surface area contributed by atoms with Crippen molar-refractivity contribution in [3.8, 4) is 0 Å². The van der Waals surface area contributed by atoms with Gasteiger partial charge in [-0.2, -0.15) is 0 Å². The van der Waals surface area contributed by atoms with Crippen molar-refractivity contribution >= 4 is 33.6 Å². The molecule has 2 fully saturated rings. The summed E-state index contributed by atoms with van der Waals surface area (Å²) >= 11 is 0. The molecule has 4 aromatic rings. The lowest BCUT2D eigenvalue weighted by molar-refractivity contribution is -0.0241. The molecule has 0 saturated heterocycles. The molecule has 2 aliphatic rings. The fourth-order valence-electron chi connectivity index (χ4n) is 5.66. The second-order valence-corrected chi connectivity index (χ2v) is 10.3. The van der Waals surface area contributed by atoms with Crippen LogP contribution in [0.3, 0.4) is 0 Å². The van der Waals surface area contributed by atoms with Crippen molar-refractivity contribution in [3.05, 3.63) is 54.0 Å². The zero-order valence-corrected chi connectivity index (χ0v) is 19.2. The summed E-state index contributed by atoms with van der Waals surface area (Å²) in [6.07, 6.45) is 6.10. The number of nitrogens with two attached hydrogens (primary N) is 2. The van der Waals surface area contributed by atoms with E-state index in [1.54, 1.807) is 0 Å². The molecule has 6 N–H and O–H groups in total. The summed E-state index contributed by atoms with van der Waals surface area (Å²) in [7, 11) is 0. The number of aryl methyl sites for hydroxylation is 1. The molecule has 176 valence electrons. The van der Waals surface area contributed by atoms with Crippen molar-refractivity contribution in [1.82, 2.24) is 19.5 Å². The number of hydrogen-bond acceptors (Lipinski definition) is 7. The van der Waals surface area contributed by atoms with E-state index < -0.39 is 17.6 Å². The van der Waals surface area contributed by atoms with Gasteiger partial charge in [-0.3, -0.25) is 0 Å². The highest BCUT2D eigenvalue weighted by molar-refractivity contribution is 5.86. The fourth-order valence-corrected chi connectivity index (χ4v) is 5.66. The summed E-state index contributed by atoms with van der Waals surface area (Å²) in [6, 6.07) is 10.1. The molecule has 8 nitrogen and oxygen atoms in total. The summed E-state index contributed by atoms with van der Waals surface area (Å²) in [6.45, 7) is 2.05. The van der Waals surface area contributed by atoms with E-state index in [4.69, 9.17) is 11.5 Å². The average molecular weight is 459 g/mol. The largest absolute Gasteiger partial charge is 0.390 e. The van der Waals surface area contributed by atoms with Gasteiger partial charge in [0.05, 0.1) is 23.0 Å². The van der Waals surface area contributed by atoms with Crippen molar-refractivity contribution in [1.29, 1.82) is 0 Å². The minimum Gasteiger partial charge on any atom is -0.390 e. The number of aliphatic hydroxyl groups is 2. The predicted molar refractivity (Wildman–Crippen MR) is 132 cm³/mol. The zero-order chi connectivity index (χ0) is 23.6. The number of rotatable bonds is 5. The van der Waals surface area contributed by atoms with Gasteiger partial charge in [0.15, 0.2) is 0 Å². The van der Waals surface area contributed by atoms with E-state index >= 15 is 0 Å². The van der Waals surface area contributed by atoms with E-state index in [0.717, 1.165) is 34.7 Å². The van der Waals surface area contributed by atoms with Gasteiger partial charge >= 0.3 is 0 Å². The Morgan fingerprint density at radius 2 is 1.91 bits per heavy atom. The van der Waals surface area contributed by atoms with E-state index in [2.05, 4.69) is 46.1 Å². The molecular formula is C26H30N6O2. The van der Waals surface area contributed by atoms with Gasteiger partial charge in [0, 0.05) is 11.6 Å². The average Bonchev–Trinajstić information content (AvgIpc) is 3.53. The second kappa shape index (κ2) is 7.65. The van der Waals surface area contributed by atoms with Crippen molar-refractivity contribution in [2.75, 3.05) is 11.5 Å². The Kier molecular flexibility index (Phi) is 4.79. The summed E-state index contributed by atoms with van der Waals surface area (Å²) < 4.78 is 1.92. The van der Waals surface area contributed by atoms with Crippen LogP contribution in [0, 0.1) is 5.41 Å². The van der Waals surface area contributed by atoms with E-state index in [-0.39, 0.29) is 6.04 Å². The second-order valence-electron chi connectivity index (χ2n) is 10.3. The quantitative estimate of drug-likeness (QED) is 0.360. The highest BCUT2D eigenvalue weighted by atomic mass is 16.3. The molecule has 34 heavy (non-hydrogen) atoms. The Morgan fingerprint density at radius 1 is 1.09 bits per heavy atom. The summed E-state index contributed by atoms with van der Waals surface area (Å²) in [4.78, 5) is 13.1. The number of benzene rings is 1. The van der Waals surface area contributed by atoms with Crippen LogP contribution in [0.25, 0.3) is 21.9 Å². The first kappa shape index (κ1) is 21.3. The molecule has 3 heterocycles. The maximum absolute atomic E-state index is 11.0. The first-order valence-corrected chi connectivity index (χ1v) is 12.0. The summed E-state index contributed by atoms with van der Waals surface area (Å²) in [5.41, 5.74) is 15.7. The van der Waals surface area contributed by atoms with Crippen molar-refractivity contribution in [3.63, 3.8) is 0 Å². The third-order valence-electron chi connectivity index (χ3n) is 7.95. The Morgan fingerprint density at radius 3 is 2.71 bits per heavy atom. The number of nitrogen functional groups attached to an aromatic ring is 2. The summed E-state index contributed by atoms with van der Waals surface area (Å²) in [5.74, 6) is 1.62. The van der Waals surface area contributed by atoms with Gasteiger partial charge in [0.25, 0.3) is 0 Å². The predicted octanol–water partition coefficient (Wildman–Crippen LogP) is 3.33. The van der Waals surface area contributed by atoms with E-state index in [9.17, 15) is 10.2 Å². The first-order chi connectivity index (χ1) is 16.3. The van der Waals surface area contributed by atoms with Gasteiger partial charge in [-0.25, -0.2) is 15.0 Å². The van der Waals surface area contributed by atoms with Crippen molar-refractivity contribution in [2.24, 2.45) is 5.41 Å². The lowest BCUT2D eigenvalue weighted by Gasteiger charge is -2.28. The van der Waals surface area contributed by atoms with Crippen LogP contribution < -0.4 is 11.5 Å². The molecule has 2 aliphatic carbocycles. The van der Waals surface area contributed by atoms with Crippen LogP contribution in [-0.2, 0) is 6.42 Å². The Labute approximate surface area is 197 Å². The highest BCUT2D eigenvalue weighted by Gasteiger charge is 2.50. The van der Waals surface area contributed by atoms with Crippen LogP contribution >= 0.6 is 0 Å². The van der Waals surface area contributed by atoms with Crippen LogP contribution in [0.5, 0.6) is 0 Å². The maximum atomic E-state index is 11.0. The highest BCUT2D eigenvalue weighted by Crippen LogP contribution is 2.48. The van der Waals surface area contributed by atoms with E-state index in [0.29, 0.717) is 29.6 Å². The Hall–Kier alpha value is -3.23. The standard InChI is InChI=1S/C26H30N6O2/c1-26(8-6-14-2-3-16-11-18(15-4-5-15)24(28)31-19(16)10-14)12-20(21(33)22(26)34)32-9-7-17-23(27)29-13-30-25(17)32/h2-3,7,9-11,13,15,20-22,33-34H,4-6,8,12H2,1H3,(H2,28,31)(H2,27,29,30)/t20-,21+,22+,26+/m1/s1. The zero-order valence-electron chi connectivity index (χ0n) is 19.2. The fraction of sp³-hybridized carbons (Fsp3) is 0.423. The monoisotopic (exact) mass is 458 g/mol. The van der Waals surface area contributed by atoms with Gasteiger partial charge in [-0.15, -0.1) is 0 Å². The molecule has 0 radical (unpaired) electrons. The molecule has 6 rings (SSSR count). The molecule has 1 aromatic carbocycles. The molecule has 0 spiro atoms. The molecule has 4 atom stereocenters. The van der Waals surface area contributed by atoms with Gasteiger partial charge in [0.1, 0.15) is 29.7 Å². The first-order valence-electron chi connectivity index (χ1n) is 12.0. The Balaban J connectivity index is 1.23. The van der Waals surface area contributed by atoms with E-state index in [1.165, 1.54) is 24.7 Å². The van der Waals surface area contributed by atoms with Crippen LogP contribution in [0.15, 0.2) is 42.9 Å². The van der Waals surface area contributed by atoms with Crippen LogP contribution in [0.2, 0.25) is 0 Å². The van der Waals surface area contributed by atoms with Crippen molar-refractivity contribution in [2.45, 2.75) is 63.2 Å². The number of aliphatic hydroxyl groups excluding tert-OH is 2. The van der Waals surface area contributed by atoms with Gasteiger partial charge in [-0.1, -0.05) is 19.1 Å². The molecule has 0 amide bonds. The molecule has 0 aliphatic heterocycles.